The Hall–Kier alpha value is -1.97. The monoisotopic (exact) mass is 385 g/mol. The van der Waals surface area contributed by atoms with Crippen molar-refractivity contribution >= 4 is 17.2 Å². The Morgan fingerprint density at radius 2 is 2.12 bits per heavy atom. The molecule has 1 atom stereocenters. The van der Waals surface area contributed by atoms with Crippen LogP contribution in [0.2, 0.25) is 0 Å². The first-order valence-corrected chi connectivity index (χ1v) is 8.99. The van der Waals surface area contributed by atoms with Crippen LogP contribution in [0.25, 0.3) is 10.6 Å². The van der Waals surface area contributed by atoms with E-state index in [9.17, 15) is 18.0 Å². The Labute approximate surface area is 152 Å². The quantitative estimate of drug-likeness (QED) is 0.831. The number of aromatic nitrogens is 1. The van der Waals surface area contributed by atoms with Crippen molar-refractivity contribution in [2.24, 2.45) is 0 Å². The molecule has 9 heteroatoms. The molecule has 140 valence electrons. The minimum Gasteiger partial charge on any atom is -0.378 e. The lowest BCUT2D eigenvalue weighted by Crippen LogP contribution is -2.44. The number of hydrogen-bond donors (Lipinski definition) is 2. The zero-order chi connectivity index (χ0) is 18.6. The summed E-state index contributed by atoms with van der Waals surface area (Å²) in [5, 5.41) is 8.41. The second-order valence-corrected chi connectivity index (χ2v) is 6.78. The van der Waals surface area contributed by atoms with Crippen molar-refractivity contribution in [1.82, 2.24) is 15.6 Å². The van der Waals surface area contributed by atoms with Crippen LogP contribution in [0.1, 0.15) is 17.7 Å². The molecule has 0 saturated carbocycles. The molecule has 1 fully saturated rings. The molecule has 2 aromatic rings. The SMILES string of the molecule is O=C(CC1COCCN1)NCc1csc(-c2ccc(C(F)(F)F)cc2)n1. The molecule has 0 bridgehead atoms. The van der Waals surface area contributed by atoms with E-state index in [0.29, 0.717) is 35.9 Å². The molecule has 1 aliphatic heterocycles. The molecule has 0 aliphatic carbocycles. The van der Waals surface area contributed by atoms with Gasteiger partial charge < -0.3 is 15.4 Å². The van der Waals surface area contributed by atoms with E-state index in [1.165, 1.54) is 23.5 Å². The van der Waals surface area contributed by atoms with Crippen molar-refractivity contribution in [3.05, 3.63) is 40.9 Å². The van der Waals surface area contributed by atoms with Gasteiger partial charge in [-0.05, 0) is 12.1 Å². The van der Waals surface area contributed by atoms with Gasteiger partial charge in [0.2, 0.25) is 5.91 Å². The van der Waals surface area contributed by atoms with Crippen LogP contribution in [-0.4, -0.2) is 36.7 Å². The lowest BCUT2D eigenvalue weighted by atomic mass is 10.1. The maximum absolute atomic E-state index is 12.6. The Bertz CT molecular complexity index is 740. The summed E-state index contributed by atoms with van der Waals surface area (Å²) < 4.78 is 43.1. The Balaban J connectivity index is 1.53. The Kier molecular flexibility index (Phi) is 5.90. The number of nitrogens with one attached hydrogen (secondary N) is 2. The van der Waals surface area contributed by atoms with Gasteiger partial charge in [0.05, 0.1) is 31.0 Å². The van der Waals surface area contributed by atoms with Crippen LogP contribution in [0.3, 0.4) is 0 Å². The van der Waals surface area contributed by atoms with Crippen LogP contribution in [0, 0.1) is 0 Å². The van der Waals surface area contributed by atoms with Crippen molar-refractivity contribution in [1.29, 1.82) is 0 Å². The fourth-order valence-corrected chi connectivity index (χ4v) is 3.38. The summed E-state index contributed by atoms with van der Waals surface area (Å²) in [4.78, 5) is 16.3. The van der Waals surface area contributed by atoms with Crippen LogP contribution in [0.4, 0.5) is 13.2 Å². The van der Waals surface area contributed by atoms with Crippen molar-refractivity contribution < 1.29 is 22.7 Å². The summed E-state index contributed by atoms with van der Waals surface area (Å²) in [6.07, 6.45) is -4.02. The van der Waals surface area contributed by atoms with Gasteiger partial charge in [0.25, 0.3) is 0 Å². The zero-order valence-electron chi connectivity index (χ0n) is 13.8. The van der Waals surface area contributed by atoms with E-state index in [0.717, 1.165) is 18.7 Å². The second-order valence-electron chi connectivity index (χ2n) is 5.93. The fourth-order valence-electron chi connectivity index (χ4n) is 2.56. The van der Waals surface area contributed by atoms with Gasteiger partial charge in [-0.2, -0.15) is 13.2 Å². The van der Waals surface area contributed by atoms with Gasteiger partial charge in [-0.3, -0.25) is 4.79 Å². The number of hydrogen-bond acceptors (Lipinski definition) is 5. The molecule has 1 aromatic heterocycles. The van der Waals surface area contributed by atoms with Gasteiger partial charge in [-0.15, -0.1) is 11.3 Å². The maximum Gasteiger partial charge on any atom is 0.416 e. The number of nitrogens with zero attached hydrogens (tertiary/aromatic N) is 1. The third-order valence-corrected chi connectivity index (χ3v) is 4.85. The molecule has 0 radical (unpaired) electrons. The van der Waals surface area contributed by atoms with E-state index >= 15 is 0 Å². The molecule has 26 heavy (non-hydrogen) atoms. The molecule has 1 unspecified atom stereocenters. The highest BCUT2D eigenvalue weighted by atomic mass is 32.1. The number of alkyl halides is 3. The first-order chi connectivity index (χ1) is 12.4. The maximum atomic E-state index is 12.6. The van der Waals surface area contributed by atoms with Gasteiger partial charge in [-0.25, -0.2) is 4.98 Å². The van der Waals surface area contributed by atoms with E-state index in [2.05, 4.69) is 15.6 Å². The number of thiazole rings is 1. The highest BCUT2D eigenvalue weighted by molar-refractivity contribution is 7.13. The molecule has 1 aromatic carbocycles. The average Bonchev–Trinajstić information content (AvgIpc) is 3.09. The molecule has 1 saturated heterocycles. The van der Waals surface area contributed by atoms with Crippen molar-refractivity contribution in [3.63, 3.8) is 0 Å². The molecular formula is C17H18F3N3O2S. The van der Waals surface area contributed by atoms with Gasteiger partial charge in [0, 0.05) is 30.0 Å². The smallest absolute Gasteiger partial charge is 0.378 e. The lowest BCUT2D eigenvalue weighted by Gasteiger charge is -2.23. The summed E-state index contributed by atoms with van der Waals surface area (Å²) in [5.74, 6) is -0.0999. The molecule has 3 rings (SSSR count). The highest BCUT2D eigenvalue weighted by Crippen LogP contribution is 2.31. The number of halogens is 3. The normalized spacial score (nSPS) is 17.9. The van der Waals surface area contributed by atoms with Crippen molar-refractivity contribution in [3.8, 4) is 10.6 Å². The number of rotatable bonds is 5. The molecule has 0 spiro atoms. The van der Waals surface area contributed by atoms with E-state index in [1.54, 1.807) is 5.38 Å². The molecule has 2 N–H and O–H groups in total. The molecule has 1 aliphatic rings. The van der Waals surface area contributed by atoms with Gasteiger partial charge in [0.1, 0.15) is 5.01 Å². The average molecular weight is 385 g/mol. The number of amides is 1. The van der Waals surface area contributed by atoms with Crippen LogP contribution in [-0.2, 0) is 22.3 Å². The summed E-state index contributed by atoms with van der Waals surface area (Å²) in [6, 6.07) is 4.90. The fraction of sp³-hybridized carbons (Fsp3) is 0.412. The third-order valence-electron chi connectivity index (χ3n) is 3.91. The predicted octanol–water partition coefficient (Wildman–Crippen LogP) is 2.82. The lowest BCUT2D eigenvalue weighted by molar-refractivity contribution is -0.137. The number of carbonyl (C=O) groups excluding carboxylic acids is 1. The van der Waals surface area contributed by atoms with Crippen LogP contribution in [0.5, 0.6) is 0 Å². The van der Waals surface area contributed by atoms with Crippen molar-refractivity contribution in [2.45, 2.75) is 25.2 Å². The second kappa shape index (κ2) is 8.15. The molecule has 5 nitrogen and oxygen atoms in total. The largest absolute Gasteiger partial charge is 0.416 e. The molecular weight excluding hydrogens is 367 g/mol. The van der Waals surface area contributed by atoms with E-state index in [-0.39, 0.29) is 18.5 Å². The van der Waals surface area contributed by atoms with Gasteiger partial charge in [0.15, 0.2) is 0 Å². The third kappa shape index (κ3) is 5.03. The zero-order valence-corrected chi connectivity index (χ0v) is 14.6. The predicted molar refractivity (Wildman–Crippen MR) is 91.6 cm³/mol. The number of ether oxygens (including phenoxy) is 1. The molecule has 1 amide bonds. The highest BCUT2D eigenvalue weighted by Gasteiger charge is 2.30. The molecule has 2 heterocycles. The van der Waals surface area contributed by atoms with E-state index < -0.39 is 11.7 Å². The summed E-state index contributed by atoms with van der Waals surface area (Å²) >= 11 is 1.33. The number of carbonyl (C=O) groups is 1. The number of morpholine rings is 1. The Morgan fingerprint density at radius 3 is 2.77 bits per heavy atom. The van der Waals surface area contributed by atoms with Gasteiger partial charge in [-0.1, -0.05) is 12.1 Å². The summed E-state index contributed by atoms with van der Waals surface area (Å²) in [5.41, 5.74) is 0.598. The topological polar surface area (TPSA) is 63.2 Å². The van der Waals surface area contributed by atoms with Gasteiger partial charge >= 0.3 is 6.18 Å². The van der Waals surface area contributed by atoms with E-state index in [4.69, 9.17) is 4.74 Å². The number of benzene rings is 1. The van der Waals surface area contributed by atoms with Crippen LogP contribution < -0.4 is 10.6 Å². The van der Waals surface area contributed by atoms with Crippen molar-refractivity contribution in [2.75, 3.05) is 19.8 Å². The first kappa shape index (κ1) is 18.8. The van der Waals surface area contributed by atoms with Crippen LogP contribution in [0.15, 0.2) is 29.6 Å². The first-order valence-electron chi connectivity index (χ1n) is 8.11. The Morgan fingerprint density at radius 1 is 1.35 bits per heavy atom. The van der Waals surface area contributed by atoms with Crippen LogP contribution >= 0.6 is 11.3 Å². The summed E-state index contributed by atoms with van der Waals surface area (Å²) in [7, 11) is 0. The minimum atomic E-state index is -4.35. The minimum absolute atomic E-state index is 0.0156. The summed E-state index contributed by atoms with van der Waals surface area (Å²) in [6.45, 7) is 2.19. The van der Waals surface area contributed by atoms with E-state index in [1.807, 2.05) is 0 Å². The standard InChI is InChI=1S/C17H18F3N3O2S/c18-17(19,20)12-3-1-11(2-4-12)16-23-14(10-26-16)8-22-15(24)7-13-9-25-6-5-21-13/h1-4,10,13,21H,5-9H2,(H,22,24).